The summed E-state index contributed by atoms with van der Waals surface area (Å²) in [7, 11) is 0. The van der Waals surface area contributed by atoms with Crippen LogP contribution in [0.2, 0.25) is 0 Å². The second-order valence-corrected chi connectivity index (χ2v) is 7.84. The van der Waals surface area contributed by atoms with Crippen molar-refractivity contribution in [2.24, 2.45) is 5.92 Å². The fourth-order valence-corrected chi connectivity index (χ4v) is 4.79. The molecule has 2 aromatic heterocycles. The van der Waals surface area contributed by atoms with Crippen LogP contribution in [0.25, 0.3) is 5.52 Å². The van der Waals surface area contributed by atoms with Crippen LogP contribution in [-0.4, -0.2) is 27.2 Å². The van der Waals surface area contributed by atoms with E-state index in [1.807, 2.05) is 8.97 Å². The maximum Gasteiger partial charge on any atom is 0.276 e. The highest BCUT2D eigenvalue weighted by Gasteiger charge is 2.26. The number of rotatable bonds is 3. The summed E-state index contributed by atoms with van der Waals surface area (Å²) < 4.78 is 9.53. The van der Waals surface area contributed by atoms with E-state index < -0.39 is 0 Å². The minimum atomic E-state index is 0.115. The molecule has 1 unspecified atom stereocenters. The number of ether oxygens (including phenoxy) is 1. The van der Waals surface area contributed by atoms with E-state index in [-0.39, 0.29) is 11.6 Å². The Balaban J connectivity index is 1.73. The third kappa shape index (κ3) is 3.03. The standard InChI is InChI=1S/C20H29N3O2/c1-14-13-22-18(12-21-19(22)17-8-10-25-11-9-17)20(24)23(14)15(2)16-6-4-3-5-7-16/h12-13,15-17H,3-11H2,1-2H3. The maximum atomic E-state index is 13.2. The highest BCUT2D eigenvalue weighted by Crippen LogP contribution is 2.33. The molecule has 0 aromatic carbocycles. The second-order valence-electron chi connectivity index (χ2n) is 7.84. The molecule has 1 atom stereocenters. The van der Waals surface area contributed by atoms with Crippen molar-refractivity contribution in [3.63, 3.8) is 0 Å². The summed E-state index contributed by atoms with van der Waals surface area (Å²) in [5.74, 6) is 2.03. The van der Waals surface area contributed by atoms with E-state index in [1.54, 1.807) is 6.20 Å². The third-order valence-corrected chi connectivity index (χ3v) is 6.29. The maximum absolute atomic E-state index is 13.2. The molecule has 1 saturated carbocycles. The van der Waals surface area contributed by atoms with Crippen molar-refractivity contribution in [1.29, 1.82) is 0 Å². The zero-order chi connectivity index (χ0) is 17.4. The van der Waals surface area contributed by atoms with Gasteiger partial charge in [-0.2, -0.15) is 0 Å². The molecule has 2 aliphatic rings. The van der Waals surface area contributed by atoms with Crippen LogP contribution in [0.3, 0.4) is 0 Å². The van der Waals surface area contributed by atoms with E-state index >= 15 is 0 Å². The van der Waals surface area contributed by atoms with Crippen molar-refractivity contribution in [3.05, 3.63) is 34.3 Å². The van der Waals surface area contributed by atoms with E-state index in [4.69, 9.17) is 4.74 Å². The molecule has 4 rings (SSSR count). The topological polar surface area (TPSA) is 48.5 Å². The van der Waals surface area contributed by atoms with Crippen LogP contribution >= 0.6 is 0 Å². The minimum Gasteiger partial charge on any atom is -0.381 e. The first-order valence-corrected chi connectivity index (χ1v) is 9.83. The number of aryl methyl sites for hydroxylation is 1. The van der Waals surface area contributed by atoms with Crippen molar-refractivity contribution in [2.75, 3.05) is 13.2 Å². The molecule has 2 fully saturated rings. The van der Waals surface area contributed by atoms with Crippen molar-refractivity contribution < 1.29 is 4.74 Å². The Kier molecular flexibility index (Phi) is 4.67. The Morgan fingerprint density at radius 2 is 1.88 bits per heavy atom. The van der Waals surface area contributed by atoms with E-state index in [2.05, 4.69) is 25.0 Å². The number of aromatic nitrogens is 3. The van der Waals surface area contributed by atoms with Gasteiger partial charge in [0, 0.05) is 37.1 Å². The SMILES string of the molecule is Cc1cn2c(C3CCOCC3)ncc2c(=O)n1C(C)C1CCCCC1. The Morgan fingerprint density at radius 1 is 1.16 bits per heavy atom. The Labute approximate surface area is 149 Å². The lowest BCUT2D eigenvalue weighted by Crippen LogP contribution is -2.32. The van der Waals surface area contributed by atoms with E-state index in [1.165, 1.54) is 32.1 Å². The lowest BCUT2D eigenvalue weighted by atomic mass is 9.84. The van der Waals surface area contributed by atoms with Gasteiger partial charge in [-0.25, -0.2) is 4.98 Å². The molecule has 136 valence electrons. The van der Waals surface area contributed by atoms with Gasteiger partial charge < -0.3 is 9.30 Å². The van der Waals surface area contributed by atoms with Crippen molar-refractivity contribution in [2.45, 2.75) is 70.8 Å². The number of hydrogen-bond acceptors (Lipinski definition) is 3. The lowest BCUT2D eigenvalue weighted by molar-refractivity contribution is 0.0835. The zero-order valence-corrected chi connectivity index (χ0v) is 15.4. The predicted octanol–water partition coefficient (Wildman–Crippen LogP) is 3.84. The lowest BCUT2D eigenvalue weighted by Gasteiger charge is -2.30. The molecular formula is C20H29N3O2. The van der Waals surface area contributed by atoms with Crippen LogP contribution in [-0.2, 0) is 4.74 Å². The molecule has 3 heterocycles. The molecule has 0 N–H and O–H groups in total. The molecular weight excluding hydrogens is 314 g/mol. The summed E-state index contributed by atoms with van der Waals surface area (Å²) >= 11 is 0. The Hall–Kier alpha value is -1.62. The van der Waals surface area contributed by atoms with Gasteiger partial charge in [-0.1, -0.05) is 19.3 Å². The highest BCUT2D eigenvalue weighted by atomic mass is 16.5. The van der Waals surface area contributed by atoms with Gasteiger partial charge in [0.2, 0.25) is 0 Å². The molecule has 25 heavy (non-hydrogen) atoms. The third-order valence-electron chi connectivity index (χ3n) is 6.29. The van der Waals surface area contributed by atoms with Crippen LogP contribution in [0.4, 0.5) is 0 Å². The molecule has 0 spiro atoms. The number of fused-ring (bicyclic) bond motifs is 1. The highest BCUT2D eigenvalue weighted by molar-refractivity contribution is 5.45. The van der Waals surface area contributed by atoms with Crippen molar-refractivity contribution in [1.82, 2.24) is 14.0 Å². The molecule has 0 radical (unpaired) electrons. The first-order chi connectivity index (χ1) is 12.2. The predicted molar refractivity (Wildman–Crippen MR) is 98.3 cm³/mol. The molecule has 1 aliphatic heterocycles. The molecule has 5 heteroatoms. The molecule has 2 aromatic rings. The monoisotopic (exact) mass is 343 g/mol. The molecule has 1 saturated heterocycles. The Morgan fingerprint density at radius 3 is 2.60 bits per heavy atom. The Bertz CT molecular complexity index is 795. The van der Waals surface area contributed by atoms with Gasteiger partial charge in [-0.3, -0.25) is 9.20 Å². The molecule has 1 aliphatic carbocycles. The van der Waals surface area contributed by atoms with Crippen molar-refractivity contribution in [3.8, 4) is 0 Å². The number of hydrogen-bond donors (Lipinski definition) is 0. The van der Waals surface area contributed by atoms with Gasteiger partial charge in [-0.15, -0.1) is 0 Å². The summed E-state index contributed by atoms with van der Waals surface area (Å²) in [6.45, 7) is 5.85. The average Bonchev–Trinajstić information content (AvgIpc) is 3.07. The number of nitrogens with zero attached hydrogens (tertiary/aromatic N) is 3. The normalized spacial score (nSPS) is 21.7. The first kappa shape index (κ1) is 16.8. The smallest absolute Gasteiger partial charge is 0.276 e. The first-order valence-electron chi connectivity index (χ1n) is 9.83. The summed E-state index contributed by atoms with van der Waals surface area (Å²) in [5, 5.41) is 0. The van der Waals surface area contributed by atoms with Crippen LogP contribution in [0.15, 0.2) is 17.2 Å². The van der Waals surface area contributed by atoms with Crippen LogP contribution in [0, 0.1) is 12.8 Å². The summed E-state index contributed by atoms with van der Waals surface area (Å²) in [6, 6.07) is 0.263. The van der Waals surface area contributed by atoms with Gasteiger partial charge in [0.05, 0.1) is 6.20 Å². The quantitative estimate of drug-likeness (QED) is 0.851. The number of imidazole rings is 1. The minimum absolute atomic E-state index is 0.115. The van der Waals surface area contributed by atoms with E-state index in [0.29, 0.717) is 11.8 Å². The second kappa shape index (κ2) is 6.94. The van der Waals surface area contributed by atoms with Gasteiger partial charge in [-0.05, 0) is 45.4 Å². The van der Waals surface area contributed by atoms with Crippen LogP contribution in [0.5, 0.6) is 0 Å². The van der Waals surface area contributed by atoms with Gasteiger partial charge >= 0.3 is 0 Å². The zero-order valence-electron chi connectivity index (χ0n) is 15.4. The fraction of sp³-hybridized carbons (Fsp3) is 0.700. The van der Waals surface area contributed by atoms with Crippen molar-refractivity contribution >= 4 is 5.52 Å². The fourth-order valence-electron chi connectivity index (χ4n) is 4.79. The molecule has 0 bridgehead atoms. The van der Waals surface area contributed by atoms with E-state index in [9.17, 15) is 4.79 Å². The average molecular weight is 343 g/mol. The summed E-state index contributed by atoms with van der Waals surface area (Å²) in [6.07, 6.45) is 12.3. The summed E-state index contributed by atoms with van der Waals surface area (Å²) in [5.41, 5.74) is 1.88. The molecule has 5 nitrogen and oxygen atoms in total. The van der Waals surface area contributed by atoms with Gasteiger partial charge in [0.25, 0.3) is 5.56 Å². The van der Waals surface area contributed by atoms with Gasteiger partial charge in [0.1, 0.15) is 11.3 Å². The summed E-state index contributed by atoms with van der Waals surface area (Å²) in [4.78, 5) is 17.8. The van der Waals surface area contributed by atoms with E-state index in [0.717, 1.165) is 43.1 Å². The molecule has 0 amide bonds. The van der Waals surface area contributed by atoms with Crippen LogP contribution < -0.4 is 5.56 Å². The van der Waals surface area contributed by atoms with Gasteiger partial charge in [0.15, 0.2) is 0 Å². The van der Waals surface area contributed by atoms with Crippen LogP contribution in [0.1, 0.15) is 75.3 Å². The largest absolute Gasteiger partial charge is 0.381 e.